The molecule has 0 spiro atoms. The van der Waals surface area contributed by atoms with Crippen molar-refractivity contribution < 1.29 is 19.1 Å². The molecule has 2 rings (SSSR count). The number of hydrogen-bond donors (Lipinski definition) is 2. The summed E-state index contributed by atoms with van der Waals surface area (Å²) in [4.78, 5) is 41.4. The van der Waals surface area contributed by atoms with Crippen LogP contribution < -0.4 is 15.4 Å². The number of carbonyl (C=O) groups is 3. The Labute approximate surface area is 178 Å². The number of amides is 4. The fourth-order valence-electron chi connectivity index (χ4n) is 3.82. The molecule has 8 nitrogen and oxygen atoms in total. The van der Waals surface area contributed by atoms with Crippen LogP contribution in [0.1, 0.15) is 44.7 Å². The van der Waals surface area contributed by atoms with Gasteiger partial charge in [-0.15, -0.1) is 0 Å². The van der Waals surface area contributed by atoms with E-state index >= 15 is 0 Å². The fourth-order valence-corrected chi connectivity index (χ4v) is 3.82. The molecule has 0 radical (unpaired) electrons. The molecule has 1 atom stereocenters. The van der Waals surface area contributed by atoms with Crippen LogP contribution in [0.15, 0.2) is 18.2 Å². The lowest BCUT2D eigenvalue weighted by Gasteiger charge is -2.26. The van der Waals surface area contributed by atoms with E-state index in [1.165, 1.54) is 0 Å². The number of urea groups is 1. The second-order valence-electron chi connectivity index (χ2n) is 7.50. The zero-order valence-electron chi connectivity index (χ0n) is 18.7. The molecule has 1 aliphatic heterocycles. The predicted octanol–water partition coefficient (Wildman–Crippen LogP) is 2.01. The van der Waals surface area contributed by atoms with Crippen molar-refractivity contribution in [2.24, 2.45) is 0 Å². The van der Waals surface area contributed by atoms with Crippen LogP contribution in [-0.4, -0.2) is 67.5 Å². The lowest BCUT2D eigenvalue weighted by atomic mass is 9.86. The molecule has 1 aliphatic rings. The minimum absolute atomic E-state index is 0.285. The van der Waals surface area contributed by atoms with E-state index in [2.05, 4.69) is 29.4 Å². The number of nitrogens with zero attached hydrogens (tertiary/aromatic N) is 2. The molecule has 2 N–H and O–H groups in total. The van der Waals surface area contributed by atoms with Gasteiger partial charge in [-0.1, -0.05) is 26.8 Å². The van der Waals surface area contributed by atoms with E-state index in [9.17, 15) is 14.4 Å². The summed E-state index contributed by atoms with van der Waals surface area (Å²) in [6.45, 7) is 11.0. The molecule has 1 aromatic rings. The van der Waals surface area contributed by atoms with Crippen molar-refractivity contribution in [1.82, 2.24) is 20.4 Å². The Hall–Kier alpha value is -2.61. The highest BCUT2D eigenvalue weighted by Crippen LogP contribution is 2.34. The maximum Gasteiger partial charge on any atom is 0.325 e. The zero-order valence-corrected chi connectivity index (χ0v) is 18.7. The molecule has 1 aromatic carbocycles. The lowest BCUT2D eigenvalue weighted by molar-refractivity contribution is -0.135. The quantitative estimate of drug-likeness (QED) is 0.424. The first-order valence-electron chi connectivity index (χ1n) is 10.6. The molecule has 0 aliphatic carbocycles. The largest absolute Gasteiger partial charge is 0.496 e. The van der Waals surface area contributed by atoms with Gasteiger partial charge in [0.05, 0.1) is 7.11 Å². The Morgan fingerprint density at radius 1 is 1.23 bits per heavy atom. The first kappa shape index (κ1) is 23.7. The van der Waals surface area contributed by atoms with E-state index in [1.807, 2.05) is 19.9 Å². The van der Waals surface area contributed by atoms with Gasteiger partial charge in [0, 0.05) is 6.54 Å². The van der Waals surface area contributed by atoms with Gasteiger partial charge < -0.3 is 20.3 Å². The highest BCUT2D eigenvalue weighted by Gasteiger charge is 2.51. The van der Waals surface area contributed by atoms with Gasteiger partial charge in [-0.05, 0) is 62.7 Å². The van der Waals surface area contributed by atoms with E-state index in [-0.39, 0.29) is 12.5 Å². The van der Waals surface area contributed by atoms with Crippen LogP contribution in [0.3, 0.4) is 0 Å². The minimum Gasteiger partial charge on any atom is -0.496 e. The molecule has 8 heteroatoms. The summed E-state index contributed by atoms with van der Waals surface area (Å²) in [6, 6.07) is 4.86. The van der Waals surface area contributed by atoms with Gasteiger partial charge in [0.15, 0.2) is 0 Å². The zero-order chi connectivity index (χ0) is 22.3. The number of rotatable bonds is 11. The average Bonchev–Trinajstić information content (AvgIpc) is 2.99. The van der Waals surface area contributed by atoms with Crippen molar-refractivity contribution in [1.29, 1.82) is 0 Å². The third kappa shape index (κ3) is 4.92. The second kappa shape index (κ2) is 10.4. The molecule has 4 amide bonds. The number of aryl methyl sites for hydroxylation is 1. The smallest absolute Gasteiger partial charge is 0.325 e. The van der Waals surface area contributed by atoms with Crippen molar-refractivity contribution in [3.8, 4) is 5.75 Å². The second-order valence-corrected chi connectivity index (χ2v) is 7.50. The van der Waals surface area contributed by atoms with Crippen LogP contribution in [-0.2, 0) is 15.1 Å². The van der Waals surface area contributed by atoms with Crippen molar-refractivity contribution >= 4 is 17.8 Å². The van der Waals surface area contributed by atoms with Crippen molar-refractivity contribution in [3.05, 3.63) is 29.3 Å². The monoisotopic (exact) mass is 418 g/mol. The van der Waals surface area contributed by atoms with Crippen LogP contribution in [0.4, 0.5) is 4.79 Å². The molecule has 0 bridgehead atoms. The lowest BCUT2D eigenvalue weighted by Crippen LogP contribution is -2.45. The molecule has 0 aromatic heterocycles. The van der Waals surface area contributed by atoms with Crippen molar-refractivity contribution in [2.75, 3.05) is 39.8 Å². The highest BCUT2D eigenvalue weighted by atomic mass is 16.5. The van der Waals surface area contributed by atoms with E-state index in [1.54, 1.807) is 19.2 Å². The van der Waals surface area contributed by atoms with Crippen LogP contribution in [0, 0.1) is 6.92 Å². The Balaban J connectivity index is 2.04. The van der Waals surface area contributed by atoms with Gasteiger partial charge >= 0.3 is 6.03 Å². The van der Waals surface area contributed by atoms with E-state index < -0.39 is 17.5 Å². The van der Waals surface area contributed by atoms with Crippen LogP contribution in [0.2, 0.25) is 0 Å². The standard InChI is InChI=1S/C22H34N4O4/c1-6-22(17-10-11-18(30-5)16(4)14-17)20(28)26(21(29)24-22)15-19(27)23-12-9-13-25(7-2)8-3/h10-11,14H,6-9,12-13,15H2,1-5H3,(H,23,27)(H,24,29). The van der Waals surface area contributed by atoms with E-state index in [4.69, 9.17) is 4.74 Å². The first-order valence-corrected chi connectivity index (χ1v) is 10.6. The van der Waals surface area contributed by atoms with Crippen molar-refractivity contribution in [2.45, 2.75) is 46.1 Å². The maximum absolute atomic E-state index is 13.2. The van der Waals surface area contributed by atoms with E-state index in [0.29, 0.717) is 24.3 Å². The number of methoxy groups -OCH3 is 1. The van der Waals surface area contributed by atoms with Gasteiger partial charge in [-0.3, -0.25) is 14.5 Å². The van der Waals surface area contributed by atoms with Gasteiger partial charge in [-0.2, -0.15) is 0 Å². The van der Waals surface area contributed by atoms with Crippen molar-refractivity contribution in [3.63, 3.8) is 0 Å². The van der Waals surface area contributed by atoms with Crippen LogP contribution >= 0.6 is 0 Å². The summed E-state index contributed by atoms with van der Waals surface area (Å²) in [6.07, 6.45) is 1.20. The summed E-state index contributed by atoms with van der Waals surface area (Å²) in [7, 11) is 1.59. The topological polar surface area (TPSA) is 91.0 Å². The SMILES string of the molecule is CCN(CC)CCCNC(=O)CN1C(=O)NC(CC)(c2ccc(OC)c(C)c2)C1=O. The van der Waals surface area contributed by atoms with Gasteiger partial charge in [-0.25, -0.2) is 4.79 Å². The number of ether oxygens (including phenoxy) is 1. The van der Waals surface area contributed by atoms with Gasteiger partial charge in [0.2, 0.25) is 5.91 Å². The normalized spacial score (nSPS) is 18.7. The molecule has 166 valence electrons. The third-order valence-electron chi connectivity index (χ3n) is 5.76. The Kier molecular flexibility index (Phi) is 8.23. The third-order valence-corrected chi connectivity index (χ3v) is 5.76. The number of benzene rings is 1. The molecule has 1 unspecified atom stereocenters. The Bertz CT molecular complexity index is 778. The summed E-state index contributed by atoms with van der Waals surface area (Å²) >= 11 is 0. The average molecular weight is 419 g/mol. The summed E-state index contributed by atoms with van der Waals surface area (Å²) in [5.41, 5.74) is 0.384. The summed E-state index contributed by atoms with van der Waals surface area (Å²) < 4.78 is 5.29. The number of hydrogen-bond acceptors (Lipinski definition) is 5. The molecule has 1 saturated heterocycles. The minimum atomic E-state index is -1.17. The molecular weight excluding hydrogens is 384 g/mol. The molecule has 1 heterocycles. The molecular formula is C22H34N4O4. The number of carbonyl (C=O) groups excluding carboxylic acids is 3. The molecule has 30 heavy (non-hydrogen) atoms. The Morgan fingerprint density at radius 2 is 1.93 bits per heavy atom. The molecule has 0 saturated carbocycles. The maximum atomic E-state index is 13.2. The summed E-state index contributed by atoms with van der Waals surface area (Å²) in [5, 5.41) is 5.62. The number of nitrogens with one attached hydrogen (secondary N) is 2. The fraction of sp³-hybridized carbons (Fsp3) is 0.591. The van der Waals surface area contributed by atoms with Gasteiger partial charge in [0.1, 0.15) is 17.8 Å². The first-order chi connectivity index (χ1) is 14.3. The van der Waals surface area contributed by atoms with Gasteiger partial charge in [0.25, 0.3) is 5.91 Å². The highest BCUT2D eigenvalue weighted by molar-refractivity contribution is 6.09. The number of imide groups is 1. The predicted molar refractivity (Wildman–Crippen MR) is 115 cm³/mol. The van der Waals surface area contributed by atoms with Crippen LogP contribution in [0.25, 0.3) is 0 Å². The van der Waals surface area contributed by atoms with Crippen LogP contribution in [0.5, 0.6) is 5.75 Å². The Morgan fingerprint density at radius 3 is 2.50 bits per heavy atom. The summed E-state index contributed by atoms with van der Waals surface area (Å²) in [5.74, 6) is -0.0311. The van der Waals surface area contributed by atoms with E-state index in [0.717, 1.165) is 36.5 Å². The molecule has 1 fully saturated rings.